The Morgan fingerprint density at radius 2 is 1.38 bits per heavy atom. The number of rotatable bonds is 7. The van der Waals surface area contributed by atoms with Gasteiger partial charge in [-0.3, -0.25) is 9.59 Å². The molecule has 0 aromatic heterocycles. The Bertz CT molecular complexity index is 1030. The molecule has 1 atom stereocenters. The van der Waals surface area contributed by atoms with Crippen molar-refractivity contribution in [1.82, 2.24) is 0 Å². The largest absolute Gasteiger partial charge is 0.492 e. The molecular weight excluding hydrogens is 375 g/mol. The van der Waals surface area contributed by atoms with Crippen molar-refractivity contribution < 1.29 is 28.6 Å². The summed E-state index contributed by atoms with van der Waals surface area (Å²) >= 11 is 0. The fraction of sp³-hybridized carbons (Fsp3) is 0.130. The van der Waals surface area contributed by atoms with Crippen molar-refractivity contribution in [3.05, 3.63) is 94.8 Å². The molecule has 0 saturated carbocycles. The van der Waals surface area contributed by atoms with Crippen molar-refractivity contribution in [3.63, 3.8) is 0 Å². The molecule has 148 valence electrons. The van der Waals surface area contributed by atoms with E-state index in [1.54, 1.807) is 30.3 Å². The average Bonchev–Trinajstić information content (AvgIpc) is 2.77. The number of Topliss-reactive ketones (excluding diaryl/α,β-unsaturated/α-hetero) is 1. The van der Waals surface area contributed by atoms with Crippen LogP contribution in [-0.2, 0) is 0 Å². The second kappa shape index (κ2) is 8.67. The molecule has 0 bridgehead atoms. The second-order valence-corrected chi connectivity index (χ2v) is 6.24. The van der Waals surface area contributed by atoms with Crippen LogP contribution in [0.1, 0.15) is 37.9 Å². The van der Waals surface area contributed by atoms with Crippen molar-refractivity contribution >= 4 is 11.6 Å². The summed E-state index contributed by atoms with van der Waals surface area (Å²) in [5, 5.41) is 10.5. The molecule has 6 heteroatoms. The SMILES string of the molecule is COc1c(C(=O)c2ccc(F)cc2)ccc(C(=O)C(O)c2ccccc2)c1OC. The normalized spacial score (nSPS) is 11.6. The summed E-state index contributed by atoms with van der Waals surface area (Å²) in [4.78, 5) is 25.7. The molecule has 3 aromatic rings. The van der Waals surface area contributed by atoms with Gasteiger partial charge in [-0.2, -0.15) is 0 Å². The van der Waals surface area contributed by atoms with E-state index in [0.717, 1.165) is 0 Å². The third-order valence-electron chi connectivity index (χ3n) is 4.50. The summed E-state index contributed by atoms with van der Waals surface area (Å²) in [6.07, 6.45) is -1.39. The molecule has 3 aromatic carbocycles. The Kier molecular flexibility index (Phi) is 6.04. The first-order valence-corrected chi connectivity index (χ1v) is 8.80. The highest BCUT2D eigenvalue weighted by Crippen LogP contribution is 2.38. The fourth-order valence-electron chi connectivity index (χ4n) is 3.03. The van der Waals surface area contributed by atoms with E-state index < -0.39 is 23.5 Å². The van der Waals surface area contributed by atoms with Gasteiger partial charge in [-0.25, -0.2) is 4.39 Å². The molecule has 29 heavy (non-hydrogen) atoms. The molecule has 0 aliphatic rings. The molecule has 0 aliphatic carbocycles. The van der Waals surface area contributed by atoms with Gasteiger partial charge < -0.3 is 14.6 Å². The first-order valence-electron chi connectivity index (χ1n) is 8.80. The van der Waals surface area contributed by atoms with E-state index in [4.69, 9.17) is 9.47 Å². The molecule has 0 radical (unpaired) electrons. The molecule has 1 N–H and O–H groups in total. The predicted molar refractivity (Wildman–Crippen MR) is 105 cm³/mol. The van der Waals surface area contributed by atoms with Crippen LogP contribution in [0.2, 0.25) is 0 Å². The standard InChI is InChI=1S/C23H19FO5/c1-28-22-17(19(25)15-8-10-16(24)11-9-15)12-13-18(23(22)29-2)21(27)20(26)14-6-4-3-5-7-14/h3-13,20,26H,1-2H3. The summed E-state index contributed by atoms with van der Waals surface area (Å²) in [7, 11) is 2.69. The highest BCUT2D eigenvalue weighted by molar-refractivity contribution is 6.12. The zero-order valence-electron chi connectivity index (χ0n) is 15.9. The number of carbonyl (C=O) groups excluding carboxylic acids is 2. The lowest BCUT2D eigenvalue weighted by Crippen LogP contribution is -2.15. The van der Waals surface area contributed by atoms with Crippen LogP contribution in [0.15, 0.2) is 66.7 Å². The van der Waals surface area contributed by atoms with Gasteiger partial charge in [-0.15, -0.1) is 0 Å². The highest BCUT2D eigenvalue weighted by Gasteiger charge is 2.28. The number of aliphatic hydroxyl groups is 1. The molecular formula is C23H19FO5. The van der Waals surface area contributed by atoms with Gasteiger partial charge >= 0.3 is 0 Å². The maximum absolute atomic E-state index is 13.2. The van der Waals surface area contributed by atoms with E-state index in [1.807, 2.05) is 0 Å². The van der Waals surface area contributed by atoms with E-state index in [1.165, 1.54) is 50.6 Å². The lowest BCUT2D eigenvalue weighted by molar-refractivity contribution is 0.0743. The Balaban J connectivity index is 2.04. The number of hydrogen-bond acceptors (Lipinski definition) is 5. The lowest BCUT2D eigenvalue weighted by atomic mass is 9.95. The molecule has 0 aliphatic heterocycles. The predicted octanol–water partition coefficient (Wildman–Crippen LogP) is 3.99. The van der Waals surface area contributed by atoms with Crippen LogP contribution in [-0.4, -0.2) is 30.9 Å². The van der Waals surface area contributed by atoms with Crippen LogP contribution in [0.3, 0.4) is 0 Å². The Hall–Kier alpha value is -3.51. The summed E-state index contributed by atoms with van der Waals surface area (Å²) in [5.74, 6) is -1.36. The Labute approximate surface area is 167 Å². The number of benzene rings is 3. The van der Waals surface area contributed by atoms with Gasteiger partial charge in [0.05, 0.1) is 25.3 Å². The lowest BCUT2D eigenvalue weighted by Gasteiger charge is -2.17. The van der Waals surface area contributed by atoms with Crippen LogP contribution < -0.4 is 9.47 Å². The van der Waals surface area contributed by atoms with Crippen LogP contribution in [0.25, 0.3) is 0 Å². The van der Waals surface area contributed by atoms with Crippen LogP contribution in [0, 0.1) is 5.82 Å². The number of aliphatic hydroxyl groups excluding tert-OH is 1. The van der Waals surface area contributed by atoms with Crippen LogP contribution >= 0.6 is 0 Å². The summed E-state index contributed by atoms with van der Waals surface area (Å²) in [5.41, 5.74) is 0.929. The van der Waals surface area contributed by atoms with Gasteiger partial charge in [-0.1, -0.05) is 30.3 Å². The monoisotopic (exact) mass is 394 g/mol. The third kappa shape index (κ3) is 4.02. The summed E-state index contributed by atoms with van der Waals surface area (Å²) in [6, 6.07) is 16.4. The van der Waals surface area contributed by atoms with Gasteiger partial charge in [0.1, 0.15) is 11.9 Å². The van der Waals surface area contributed by atoms with Gasteiger partial charge in [0.2, 0.25) is 0 Å². The summed E-state index contributed by atoms with van der Waals surface area (Å²) in [6.45, 7) is 0. The Morgan fingerprint density at radius 1 is 0.828 bits per heavy atom. The molecule has 5 nitrogen and oxygen atoms in total. The van der Waals surface area contributed by atoms with Crippen LogP contribution in [0.5, 0.6) is 11.5 Å². The maximum Gasteiger partial charge on any atom is 0.199 e. The van der Waals surface area contributed by atoms with Gasteiger partial charge in [0.15, 0.2) is 23.1 Å². The van der Waals surface area contributed by atoms with E-state index in [-0.39, 0.29) is 28.2 Å². The zero-order valence-corrected chi connectivity index (χ0v) is 15.9. The van der Waals surface area contributed by atoms with Crippen molar-refractivity contribution in [2.24, 2.45) is 0 Å². The molecule has 1 unspecified atom stereocenters. The zero-order chi connectivity index (χ0) is 21.0. The fourth-order valence-corrected chi connectivity index (χ4v) is 3.03. The number of hydrogen-bond donors (Lipinski definition) is 1. The van der Waals surface area contributed by atoms with Gasteiger partial charge in [0.25, 0.3) is 0 Å². The van der Waals surface area contributed by atoms with Crippen molar-refractivity contribution in [2.45, 2.75) is 6.10 Å². The molecule has 0 amide bonds. The van der Waals surface area contributed by atoms with Crippen molar-refractivity contribution in [2.75, 3.05) is 14.2 Å². The number of methoxy groups -OCH3 is 2. The van der Waals surface area contributed by atoms with Crippen LogP contribution in [0.4, 0.5) is 4.39 Å². The van der Waals surface area contributed by atoms with E-state index in [9.17, 15) is 19.1 Å². The van der Waals surface area contributed by atoms with Crippen molar-refractivity contribution in [1.29, 1.82) is 0 Å². The smallest absolute Gasteiger partial charge is 0.199 e. The average molecular weight is 394 g/mol. The van der Waals surface area contributed by atoms with Gasteiger partial charge in [-0.05, 0) is 42.0 Å². The minimum atomic E-state index is -1.39. The summed E-state index contributed by atoms with van der Waals surface area (Å²) < 4.78 is 23.9. The molecule has 0 saturated heterocycles. The topological polar surface area (TPSA) is 72.8 Å². The minimum Gasteiger partial charge on any atom is -0.492 e. The number of ketones is 2. The number of ether oxygens (including phenoxy) is 2. The first kappa shape index (κ1) is 20.2. The molecule has 0 fully saturated rings. The van der Waals surface area contributed by atoms with E-state index in [0.29, 0.717) is 5.56 Å². The second-order valence-electron chi connectivity index (χ2n) is 6.24. The molecule has 0 spiro atoms. The van der Waals surface area contributed by atoms with E-state index >= 15 is 0 Å². The highest BCUT2D eigenvalue weighted by atomic mass is 19.1. The van der Waals surface area contributed by atoms with Crippen molar-refractivity contribution in [3.8, 4) is 11.5 Å². The maximum atomic E-state index is 13.2. The van der Waals surface area contributed by atoms with E-state index in [2.05, 4.69) is 0 Å². The minimum absolute atomic E-state index is 0.0421. The first-order chi connectivity index (χ1) is 14.0. The Morgan fingerprint density at radius 3 is 1.97 bits per heavy atom. The quantitative estimate of drug-likeness (QED) is 0.614. The molecule has 0 heterocycles. The third-order valence-corrected chi connectivity index (χ3v) is 4.50. The molecule has 3 rings (SSSR count). The number of carbonyl (C=O) groups is 2. The number of halogens is 1. The van der Waals surface area contributed by atoms with Gasteiger partial charge in [0, 0.05) is 5.56 Å².